The fraction of sp³-hybridized carbons (Fsp3) is 0.172. The Kier molecular flexibility index (Phi) is 5.65. The highest BCUT2D eigenvalue weighted by Crippen LogP contribution is 2.32. The van der Waals surface area contributed by atoms with Crippen molar-refractivity contribution >= 4 is 40.3 Å². The highest BCUT2D eigenvalue weighted by molar-refractivity contribution is 6.31. The Morgan fingerprint density at radius 2 is 1.76 bits per heavy atom. The molecule has 0 saturated carbocycles. The number of hydrazone groups is 1. The summed E-state index contributed by atoms with van der Waals surface area (Å²) in [4.78, 5) is 22.9. The van der Waals surface area contributed by atoms with E-state index in [1.54, 1.807) is 4.57 Å². The summed E-state index contributed by atoms with van der Waals surface area (Å²) in [5.41, 5.74) is 11.5. The molecular formula is C29H25ClN6O. The van der Waals surface area contributed by atoms with Gasteiger partial charge in [-0.1, -0.05) is 60.1 Å². The fourth-order valence-electron chi connectivity index (χ4n) is 5.24. The predicted octanol–water partition coefficient (Wildman–Crippen LogP) is 4.82. The van der Waals surface area contributed by atoms with Crippen molar-refractivity contribution in [1.29, 1.82) is 0 Å². The molecule has 2 aliphatic rings. The molecule has 0 fully saturated rings. The largest absolute Gasteiger partial charge is 0.386 e. The monoisotopic (exact) mass is 508 g/mol. The number of nitrogens with zero attached hydrogens (tertiary/aromatic N) is 5. The SMILES string of the molecule is Cc1ccccc1-n1c(CN2N=C(c3cccc(Cl)c3)C3C(N)=NC=NC32)cc2cccc(C)c2c1=O. The molecule has 1 aromatic heterocycles. The van der Waals surface area contributed by atoms with Crippen LogP contribution in [0.2, 0.25) is 5.02 Å². The molecule has 7 nitrogen and oxygen atoms in total. The van der Waals surface area contributed by atoms with E-state index >= 15 is 0 Å². The minimum atomic E-state index is -0.375. The third-order valence-corrected chi connectivity index (χ3v) is 7.25. The molecule has 184 valence electrons. The number of fused-ring (bicyclic) bond motifs is 2. The molecule has 0 spiro atoms. The molecule has 0 aliphatic carbocycles. The van der Waals surface area contributed by atoms with E-state index in [4.69, 9.17) is 22.4 Å². The Morgan fingerprint density at radius 3 is 2.57 bits per heavy atom. The Bertz CT molecular complexity index is 1700. The van der Waals surface area contributed by atoms with Crippen LogP contribution in [0.25, 0.3) is 16.5 Å². The molecule has 0 radical (unpaired) electrons. The first kappa shape index (κ1) is 23.2. The highest BCUT2D eigenvalue weighted by Gasteiger charge is 2.42. The molecule has 37 heavy (non-hydrogen) atoms. The Morgan fingerprint density at radius 1 is 0.973 bits per heavy atom. The van der Waals surface area contributed by atoms with Crippen molar-refractivity contribution in [3.05, 3.63) is 111 Å². The maximum Gasteiger partial charge on any atom is 0.263 e. The lowest BCUT2D eigenvalue weighted by molar-refractivity contribution is 0.210. The van der Waals surface area contributed by atoms with Gasteiger partial charge in [0.2, 0.25) is 0 Å². The van der Waals surface area contributed by atoms with Gasteiger partial charge < -0.3 is 5.73 Å². The summed E-state index contributed by atoms with van der Waals surface area (Å²) in [6.45, 7) is 4.33. The number of halogens is 1. The van der Waals surface area contributed by atoms with Crippen LogP contribution in [0.5, 0.6) is 0 Å². The minimum absolute atomic E-state index is 0.0529. The minimum Gasteiger partial charge on any atom is -0.386 e. The molecule has 2 unspecified atom stereocenters. The summed E-state index contributed by atoms with van der Waals surface area (Å²) in [5.74, 6) is 0.136. The zero-order chi connectivity index (χ0) is 25.7. The summed E-state index contributed by atoms with van der Waals surface area (Å²) in [6.07, 6.45) is 1.11. The Hall–Kier alpha value is -4.23. The molecule has 0 amide bonds. The summed E-state index contributed by atoms with van der Waals surface area (Å²) >= 11 is 6.29. The number of para-hydroxylation sites is 1. The zero-order valence-electron chi connectivity index (χ0n) is 20.5. The van der Waals surface area contributed by atoms with E-state index in [2.05, 4.69) is 16.1 Å². The summed E-state index contributed by atoms with van der Waals surface area (Å²) < 4.78 is 1.80. The van der Waals surface area contributed by atoms with Gasteiger partial charge >= 0.3 is 0 Å². The van der Waals surface area contributed by atoms with E-state index in [-0.39, 0.29) is 17.6 Å². The van der Waals surface area contributed by atoms with Crippen LogP contribution in [0.15, 0.2) is 92.7 Å². The van der Waals surface area contributed by atoms with Crippen molar-refractivity contribution < 1.29 is 0 Å². The molecule has 3 aromatic carbocycles. The van der Waals surface area contributed by atoms with Gasteiger partial charge in [-0.3, -0.25) is 14.4 Å². The molecule has 4 aromatic rings. The number of rotatable bonds is 4. The number of amidine groups is 1. The lowest BCUT2D eigenvalue weighted by Gasteiger charge is -2.27. The van der Waals surface area contributed by atoms with Crippen molar-refractivity contribution in [3.8, 4) is 5.69 Å². The van der Waals surface area contributed by atoms with E-state index in [0.29, 0.717) is 22.8 Å². The van der Waals surface area contributed by atoms with Gasteiger partial charge in [-0.25, -0.2) is 9.98 Å². The van der Waals surface area contributed by atoms with Crippen LogP contribution < -0.4 is 11.3 Å². The normalized spacial score (nSPS) is 18.6. The van der Waals surface area contributed by atoms with E-state index in [1.807, 2.05) is 85.6 Å². The van der Waals surface area contributed by atoms with Crippen LogP contribution in [0.1, 0.15) is 22.4 Å². The van der Waals surface area contributed by atoms with Gasteiger partial charge in [0.15, 0.2) is 6.17 Å². The van der Waals surface area contributed by atoms with Crippen LogP contribution in [0.3, 0.4) is 0 Å². The van der Waals surface area contributed by atoms with Gasteiger partial charge in [0.1, 0.15) is 18.1 Å². The number of aliphatic imine (C=N–C) groups is 2. The van der Waals surface area contributed by atoms with Crippen molar-refractivity contribution in [3.63, 3.8) is 0 Å². The molecule has 3 heterocycles. The topological polar surface area (TPSA) is 88.3 Å². The molecule has 0 bridgehead atoms. The van der Waals surface area contributed by atoms with Crippen LogP contribution >= 0.6 is 11.6 Å². The molecule has 2 N–H and O–H groups in total. The van der Waals surface area contributed by atoms with Gasteiger partial charge in [-0.2, -0.15) is 5.10 Å². The number of benzene rings is 3. The fourth-order valence-corrected chi connectivity index (χ4v) is 5.43. The van der Waals surface area contributed by atoms with E-state index in [1.165, 1.54) is 6.34 Å². The summed E-state index contributed by atoms with van der Waals surface area (Å²) in [6, 6.07) is 23.4. The van der Waals surface area contributed by atoms with Gasteiger partial charge in [0.05, 0.1) is 23.3 Å². The van der Waals surface area contributed by atoms with E-state index in [0.717, 1.165) is 39.2 Å². The van der Waals surface area contributed by atoms with Crippen molar-refractivity contribution in [2.45, 2.75) is 26.6 Å². The maximum absolute atomic E-state index is 14.0. The first-order valence-corrected chi connectivity index (χ1v) is 12.5. The number of pyridine rings is 1. The number of aryl methyl sites for hydroxylation is 2. The second-order valence-electron chi connectivity index (χ2n) is 9.40. The van der Waals surface area contributed by atoms with E-state index < -0.39 is 0 Å². The molecule has 8 heteroatoms. The van der Waals surface area contributed by atoms with Gasteiger partial charge in [0.25, 0.3) is 5.56 Å². The van der Waals surface area contributed by atoms with Gasteiger partial charge in [-0.15, -0.1) is 0 Å². The smallest absolute Gasteiger partial charge is 0.263 e. The third kappa shape index (κ3) is 3.92. The molecular weight excluding hydrogens is 484 g/mol. The van der Waals surface area contributed by atoms with Crippen LogP contribution in [-0.2, 0) is 6.54 Å². The standard InChI is InChI=1S/C29H25ClN6O/c1-17-7-3-4-12-23(17)36-22(14-19-9-5-8-18(2)24(19)29(36)37)15-35-28-25(27(31)32-16-33-28)26(34-35)20-10-6-11-21(30)13-20/h3-14,16,25,28H,15H2,1-2H3,(H2,31,32,33). The second kappa shape index (κ2) is 9.01. The molecule has 2 atom stereocenters. The Labute approximate surface area is 219 Å². The van der Waals surface area contributed by atoms with Crippen LogP contribution in [-0.4, -0.2) is 33.6 Å². The summed E-state index contributed by atoms with van der Waals surface area (Å²) in [7, 11) is 0. The lowest BCUT2D eigenvalue weighted by atomic mass is 9.93. The average molecular weight is 509 g/mol. The van der Waals surface area contributed by atoms with Crippen molar-refractivity contribution in [2.75, 3.05) is 0 Å². The number of nitrogens with two attached hydrogens (primary N) is 1. The first-order valence-electron chi connectivity index (χ1n) is 12.1. The predicted molar refractivity (Wildman–Crippen MR) is 150 cm³/mol. The van der Waals surface area contributed by atoms with E-state index in [9.17, 15) is 4.79 Å². The highest BCUT2D eigenvalue weighted by atomic mass is 35.5. The van der Waals surface area contributed by atoms with Gasteiger partial charge in [0, 0.05) is 16.3 Å². The van der Waals surface area contributed by atoms with Crippen LogP contribution in [0.4, 0.5) is 0 Å². The van der Waals surface area contributed by atoms with Crippen molar-refractivity contribution in [2.24, 2.45) is 26.7 Å². The van der Waals surface area contributed by atoms with Crippen molar-refractivity contribution in [1.82, 2.24) is 9.58 Å². The number of aromatic nitrogens is 1. The first-order chi connectivity index (χ1) is 17.9. The zero-order valence-corrected chi connectivity index (χ0v) is 21.2. The molecule has 0 saturated heterocycles. The third-order valence-electron chi connectivity index (χ3n) is 7.01. The summed E-state index contributed by atoms with van der Waals surface area (Å²) in [5, 5.41) is 9.09. The average Bonchev–Trinajstić information content (AvgIpc) is 3.25. The number of hydrogen-bond acceptors (Lipinski definition) is 6. The molecule has 6 rings (SSSR count). The quantitative estimate of drug-likeness (QED) is 0.428. The van der Waals surface area contributed by atoms with Crippen LogP contribution in [0, 0.1) is 19.8 Å². The maximum atomic E-state index is 14.0. The molecule has 2 aliphatic heterocycles. The second-order valence-corrected chi connectivity index (χ2v) is 9.84. The Balaban J connectivity index is 1.53. The number of hydrogen-bond donors (Lipinski definition) is 1. The lowest BCUT2D eigenvalue weighted by Crippen LogP contribution is -2.42. The van der Waals surface area contributed by atoms with Gasteiger partial charge in [-0.05, 0) is 54.6 Å².